The normalized spacial score (nSPS) is 14.2. The second kappa shape index (κ2) is 9.53. The Hall–Kier alpha value is -3.20. The Kier molecular flexibility index (Phi) is 6.83. The van der Waals surface area contributed by atoms with Gasteiger partial charge in [0, 0.05) is 36.8 Å². The van der Waals surface area contributed by atoms with Crippen molar-refractivity contribution >= 4 is 39.0 Å². The smallest absolute Gasteiger partial charge is 0.262 e. The van der Waals surface area contributed by atoms with Gasteiger partial charge in [0.25, 0.3) is 15.9 Å². The monoisotopic (exact) mass is 428 g/mol. The fourth-order valence-corrected chi connectivity index (χ4v) is 4.19. The van der Waals surface area contributed by atoms with E-state index in [1.54, 1.807) is 36.4 Å². The SMILES string of the molecule is CC(=O)Nc1cccc(C(=O)Nc2cccc(S(=O)(=O)NC3=NCCCCC3)c2)c1. The number of benzene rings is 2. The lowest BCUT2D eigenvalue weighted by molar-refractivity contribution is -0.114. The molecule has 8 nitrogen and oxygen atoms in total. The van der Waals surface area contributed by atoms with Gasteiger partial charge in [-0.25, -0.2) is 8.42 Å². The van der Waals surface area contributed by atoms with Crippen LogP contribution in [0.5, 0.6) is 0 Å². The number of carbonyl (C=O) groups excluding carboxylic acids is 2. The van der Waals surface area contributed by atoms with E-state index in [0.717, 1.165) is 19.3 Å². The summed E-state index contributed by atoms with van der Waals surface area (Å²) in [7, 11) is -3.80. The molecule has 9 heteroatoms. The maximum Gasteiger partial charge on any atom is 0.262 e. The highest BCUT2D eigenvalue weighted by Gasteiger charge is 2.18. The summed E-state index contributed by atoms with van der Waals surface area (Å²) in [6.07, 6.45) is 3.48. The molecule has 0 bridgehead atoms. The lowest BCUT2D eigenvalue weighted by atomic mass is 10.2. The molecule has 0 unspecified atom stereocenters. The molecule has 2 aromatic rings. The Morgan fingerprint density at radius 1 is 0.933 bits per heavy atom. The van der Waals surface area contributed by atoms with E-state index >= 15 is 0 Å². The van der Waals surface area contributed by atoms with Crippen molar-refractivity contribution in [2.24, 2.45) is 4.99 Å². The zero-order chi connectivity index (χ0) is 21.6. The van der Waals surface area contributed by atoms with Crippen molar-refractivity contribution in [3.8, 4) is 0 Å². The van der Waals surface area contributed by atoms with Crippen molar-refractivity contribution in [3.63, 3.8) is 0 Å². The number of hydrogen-bond acceptors (Lipinski definition) is 5. The van der Waals surface area contributed by atoms with Gasteiger partial charge >= 0.3 is 0 Å². The molecule has 1 heterocycles. The molecule has 3 rings (SSSR count). The first-order valence-corrected chi connectivity index (χ1v) is 11.2. The van der Waals surface area contributed by atoms with E-state index < -0.39 is 15.9 Å². The van der Waals surface area contributed by atoms with Crippen LogP contribution in [0.25, 0.3) is 0 Å². The summed E-state index contributed by atoms with van der Waals surface area (Å²) in [6.45, 7) is 2.00. The predicted molar refractivity (Wildman–Crippen MR) is 116 cm³/mol. The summed E-state index contributed by atoms with van der Waals surface area (Å²) in [5.74, 6) is -0.189. The fourth-order valence-electron chi connectivity index (χ4n) is 3.06. The van der Waals surface area contributed by atoms with Crippen molar-refractivity contribution in [2.75, 3.05) is 17.2 Å². The first-order valence-electron chi connectivity index (χ1n) is 9.69. The molecule has 158 valence electrons. The molecule has 3 N–H and O–H groups in total. The van der Waals surface area contributed by atoms with Gasteiger partial charge in [-0.3, -0.25) is 19.3 Å². The Balaban J connectivity index is 1.74. The Labute approximate surface area is 175 Å². The van der Waals surface area contributed by atoms with Crippen molar-refractivity contribution in [1.29, 1.82) is 0 Å². The van der Waals surface area contributed by atoms with Crippen LogP contribution in [0.1, 0.15) is 43.0 Å². The zero-order valence-electron chi connectivity index (χ0n) is 16.6. The molecule has 1 aliphatic rings. The second-order valence-electron chi connectivity index (χ2n) is 6.99. The third-order valence-corrected chi connectivity index (χ3v) is 5.85. The first kappa shape index (κ1) is 21.5. The van der Waals surface area contributed by atoms with E-state index in [4.69, 9.17) is 0 Å². The van der Waals surface area contributed by atoms with E-state index in [9.17, 15) is 18.0 Å². The molecule has 0 aromatic heterocycles. The number of amidine groups is 1. The number of aliphatic imine (C=N–C) groups is 1. The number of sulfonamides is 1. The average molecular weight is 429 g/mol. The molecule has 30 heavy (non-hydrogen) atoms. The van der Waals surface area contributed by atoms with Gasteiger partial charge in [-0.1, -0.05) is 18.6 Å². The molecular weight excluding hydrogens is 404 g/mol. The molecule has 2 amide bonds. The summed E-state index contributed by atoms with van der Waals surface area (Å²) >= 11 is 0. The number of nitrogens with zero attached hydrogens (tertiary/aromatic N) is 1. The topological polar surface area (TPSA) is 117 Å². The summed E-state index contributed by atoms with van der Waals surface area (Å²) < 4.78 is 28.0. The Bertz CT molecular complexity index is 1080. The first-order chi connectivity index (χ1) is 14.3. The Morgan fingerprint density at radius 3 is 2.43 bits per heavy atom. The standard InChI is InChI=1S/C21H24N4O4S/c1-15(26)23-17-8-5-7-16(13-17)21(27)24-18-9-6-10-19(14-18)30(28,29)25-20-11-3-2-4-12-22-20/h5-10,13-14H,2-4,11-12H2,1H3,(H,22,25)(H,23,26)(H,24,27). The average Bonchev–Trinajstić information content (AvgIpc) is 2.96. The highest BCUT2D eigenvalue weighted by Crippen LogP contribution is 2.18. The van der Waals surface area contributed by atoms with Gasteiger partial charge in [0.05, 0.1) is 4.90 Å². The molecule has 0 fully saturated rings. The van der Waals surface area contributed by atoms with Gasteiger partial charge in [0.1, 0.15) is 5.84 Å². The van der Waals surface area contributed by atoms with E-state index in [0.29, 0.717) is 35.7 Å². The van der Waals surface area contributed by atoms with Crippen LogP contribution in [0.3, 0.4) is 0 Å². The second-order valence-corrected chi connectivity index (χ2v) is 8.67. The van der Waals surface area contributed by atoms with Gasteiger partial charge in [0.15, 0.2) is 0 Å². The third kappa shape index (κ3) is 5.90. The number of hydrogen-bond donors (Lipinski definition) is 3. The summed E-state index contributed by atoms with van der Waals surface area (Å²) in [5.41, 5.74) is 1.18. The van der Waals surface area contributed by atoms with Crippen LogP contribution >= 0.6 is 0 Å². The number of rotatable bonds is 5. The van der Waals surface area contributed by atoms with Crippen LogP contribution in [0.15, 0.2) is 58.4 Å². The van der Waals surface area contributed by atoms with Crippen LogP contribution < -0.4 is 15.4 Å². The molecule has 0 radical (unpaired) electrons. The largest absolute Gasteiger partial charge is 0.326 e. The lowest BCUT2D eigenvalue weighted by Gasteiger charge is -2.12. The fraction of sp³-hybridized carbons (Fsp3) is 0.286. The minimum Gasteiger partial charge on any atom is -0.326 e. The van der Waals surface area contributed by atoms with Crippen molar-refractivity contribution in [1.82, 2.24) is 4.72 Å². The van der Waals surface area contributed by atoms with Crippen LogP contribution in [0.4, 0.5) is 11.4 Å². The van der Waals surface area contributed by atoms with Crippen LogP contribution in [0, 0.1) is 0 Å². The number of carbonyl (C=O) groups is 2. The van der Waals surface area contributed by atoms with Gasteiger partial charge < -0.3 is 10.6 Å². The molecule has 0 atom stereocenters. The molecular formula is C21H24N4O4S. The summed E-state index contributed by atoms with van der Waals surface area (Å²) in [6, 6.07) is 12.5. The molecule has 2 aromatic carbocycles. The Morgan fingerprint density at radius 2 is 1.67 bits per heavy atom. The third-order valence-electron chi connectivity index (χ3n) is 4.47. The summed E-state index contributed by atoms with van der Waals surface area (Å²) in [5, 5.41) is 5.31. The van der Waals surface area contributed by atoms with Gasteiger partial charge in [-0.2, -0.15) is 0 Å². The minimum absolute atomic E-state index is 0.0410. The quantitative estimate of drug-likeness (QED) is 0.678. The molecule has 0 saturated carbocycles. The van der Waals surface area contributed by atoms with Crippen molar-refractivity contribution in [2.45, 2.75) is 37.5 Å². The maximum atomic E-state index is 12.7. The maximum absolute atomic E-state index is 12.7. The number of nitrogens with one attached hydrogen (secondary N) is 3. The van der Waals surface area contributed by atoms with E-state index in [2.05, 4.69) is 20.3 Å². The van der Waals surface area contributed by atoms with Crippen LogP contribution in [0.2, 0.25) is 0 Å². The molecule has 0 aliphatic carbocycles. The predicted octanol–water partition coefficient (Wildman–Crippen LogP) is 3.15. The lowest BCUT2D eigenvalue weighted by Crippen LogP contribution is -2.30. The van der Waals surface area contributed by atoms with E-state index in [1.165, 1.54) is 19.1 Å². The van der Waals surface area contributed by atoms with Crippen molar-refractivity contribution < 1.29 is 18.0 Å². The molecule has 0 saturated heterocycles. The van der Waals surface area contributed by atoms with Gasteiger partial charge in [0.2, 0.25) is 5.91 Å². The van der Waals surface area contributed by atoms with Crippen LogP contribution in [-0.4, -0.2) is 32.6 Å². The minimum atomic E-state index is -3.80. The van der Waals surface area contributed by atoms with Gasteiger partial charge in [-0.05, 0) is 49.2 Å². The zero-order valence-corrected chi connectivity index (χ0v) is 17.5. The van der Waals surface area contributed by atoms with E-state index in [1.807, 2.05) is 0 Å². The highest BCUT2D eigenvalue weighted by atomic mass is 32.2. The van der Waals surface area contributed by atoms with Crippen molar-refractivity contribution in [3.05, 3.63) is 54.1 Å². The highest BCUT2D eigenvalue weighted by molar-refractivity contribution is 7.90. The van der Waals surface area contributed by atoms with E-state index in [-0.39, 0.29) is 10.8 Å². The molecule has 0 spiro atoms. The number of amides is 2. The summed E-state index contributed by atoms with van der Waals surface area (Å²) in [4.78, 5) is 28.1. The number of anilines is 2. The van der Waals surface area contributed by atoms with Gasteiger partial charge in [-0.15, -0.1) is 0 Å². The van der Waals surface area contributed by atoms with Crippen LogP contribution in [-0.2, 0) is 14.8 Å². The molecule has 1 aliphatic heterocycles.